The van der Waals surface area contributed by atoms with E-state index >= 15 is 0 Å². The largest absolute Gasteiger partial charge is 0.334 e. The summed E-state index contributed by atoms with van der Waals surface area (Å²) in [4.78, 5) is 4.62. The van der Waals surface area contributed by atoms with Crippen LogP contribution in [0.3, 0.4) is 0 Å². The van der Waals surface area contributed by atoms with Gasteiger partial charge in [-0.1, -0.05) is 0 Å². The van der Waals surface area contributed by atoms with Crippen LogP contribution in [0.4, 0.5) is 0 Å². The maximum Gasteiger partial charge on any atom is 0.109 e. The van der Waals surface area contributed by atoms with E-state index in [0.717, 1.165) is 24.3 Å². The van der Waals surface area contributed by atoms with Crippen molar-refractivity contribution < 1.29 is 0 Å². The van der Waals surface area contributed by atoms with Gasteiger partial charge < -0.3 is 10.3 Å². The maximum absolute atomic E-state index is 5.70. The third-order valence-electron chi connectivity index (χ3n) is 5.87. The average molecular weight is 259 g/mol. The second-order valence-electron chi connectivity index (χ2n) is 7.42. The van der Waals surface area contributed by atoms with Crippen LogP contribution in [-0.4, -0.2) is 16.1 Å². The summed E-state index contributed by atoms with van der Waals surface area (Å²) in [6.07, 6.45) is 14.2. The summed E-state index contributed by atoms with van der Waals surface area (Å²) in [5, 5.41) is 0. The average Bonchev–Trinajstić information content (AvgIpc) is 2.74. The fourth-order valence-corrected chi connectivity index (χ4v) is 5.69. The molecule has 0 saturated heterocycles. The van der Waals surface area contributed by atoms with Gasteiger partial charge in [-0.05, 0) is 61.7 Å². The molecule has 19 heavy (non-hydrogen) atoms. The van der Waals surface area contributed by atoms with Crippen LogP contribution in [-0.2, 0) is 13.0 Å². The lowest BCUT2D eigenvalue weighted by molar-refractivity contribution is -0.0535. The Morgan fingerprint density at radius 2 is 1.79 bits per heavy atom. The van der Waals surface area contributed by atoms with Gasteiger partial charge in [-0.2, -0.15) is 0 Å². The highest BCUT2D eigenvalue weighted by atomic mass is 15.1. The zero-order valence-electron chi connectivity index (χ0n) is 11.7. The first-order chi connectivity index (χ1) is 9.26. The first kappa shape index (κ1) is 12.0. The molecule has 4 saturated carbocycles. The van der Waals surface area contributed by atoms with Crippen LogP contribution in [0, 0.1) is 23.2 Å². The maximum atomic E-state index is 5.70. The van der Waals surface area contributed by atoms with E-state index in [2.05, 4.69) is 15.7 Å². The number of hydrogen-bond donors (Lipinski definition) is 1. The van der Waals surface area contributed by atoms with Crippen LogP contribution in [0.2, 0.25) is 0 Å². The van der Waals surface area contributed by atoms with Gasteiger partial charge in [0, 0.05) is 31.9 Å². The van der Waals surface area contributed by atoms with Crippen molar-refractivity contribution in [3.63, 3.8) is 0 Å². The third-order valence-corrected chi connectivity index (χ3v) is 5.87. The highest BCUT2D eigenvalue weighted by Crippen LogP contribution is 2.60. The fourth-order valence-electron chi connectivity index (χ4n) is 5.69. The minimum Gasteiger partial charge on any atom is -0.334 e. The van der Waals surface area contributed by atoms with Gasteiger partial charge in [0.2, 0.25) is 0 Å². The quantitative estimate of drug-likeness (QED) is 0.903. The molecule has 5 rings (SSSR count). The van der Waals surface area contributed by atoms with Crippen LogP contribution in [0.1, 0.15) is 44.3 Å². The summed E-state index contributed by atoms with van der Waals surface area (Å²) >= 11 is 0. The molecule has 3 heteroatoms. The van der Waals surface area contributed by atoms with Gasteiger partial charge in [0.05, 0.1) is 0 Å². The van der Waals surface area contributed by atoms with Crippen LogP contribution in [0.25, 0.3) is 0 Å². The van der Waals surface area contributed by atoms with E-state index in [9.17, 15) is 0 Å². The molecule has 104 valence electrons. The summed E-state index contributed by atoms with van der Waals surface area (Å²) in [6.45, 7) is 1.63. The van der Waals surface area contributed by atoms with Crippen LogP contribution in [0.15, 0.2) is 12.4 Å². The van der Waals surface area contributed by atoms with E-state index in [-0.39, 0.29) is 0 Å². The number of imidazole rings is 1. The van der Waals surface area contributed by atoms with E-state index in [4.69, 9.17) is 5.73 Å². The minimum absolute atomic E-state index is 0.590. The molecule has 4 fully saturated rings. The first-order valence-corrected chi connectivity index (χ1v) is 7.96. The third kappa shape index (κ3) is 2.03. The van der Waals surface area contributed by atoms with Crippen molar-refractivity contribution in [1.29, 1.82) is 0 Å². The predicted molar refractivity (Wildman–Crippen MR) is 75.6 cm³/mol. The Morgan fingerprint density at radius 3 is 2.37 bits per heavy atom. The molecule has 1 aromatic heterocycles. The Morgan fingerprint density at radius 1 is 1.16 bits per heavy atom. The molecular formula is C16H25N3. The molecule has 0 unspecified atom stereocenters. The fraction of sp³-hybridized carbons (Fsp3) is 0.812. The van der Waals surface area contributed by atoms with Crippen LogP contribution < -0.4 is 5.73 Å². The zero-order valence-corrected chi connectivity index (χ0v) is 11.7. The lowest BCUT2D eigenvalue weighted by Gasteiger charge is -2.56. The van der Waals surface area contributed by atoms with Crippen molar-refractivity contribution >= 4 is 0 Å². The predicted octanol–water partition coefficient (Wildman–Crippen LogP) is 2.60. The minimum atomic E-state index is 0.590. The topological polar surface area (TPSA) is 43.8 Å². The van der Waals surface area contributed by atoms with E-state index in [1.807, 2.05) is 6.20 Å². The van der Waals surface area contributed by atoms with Gasteiger partial charge in [0.1, 0.15) is 5.82 Å². The van der Waals surface area contributed by atoms with Crippen molar-refractivity contribution in [2.45, 2.75) is 51.5 Å². The number of hydrogen-bond acceptors (Lipinski definition) is 2. The highest BCUT2D eigenvalue weighted by molar-refractivity contribution is 5.07. The van der Waals surface area contributed by atoms with Gasteiger partial charge in [-0.25, -0.2) is 4.98 Å². The summed E-state index contributed by atoms with van der Waals surface area (Å²) in [7, 11) is 0. The summed E-state index contributed by atoms with van der Waals surface area (Å²) in [6, 6.07) is 0. The Bertz CT molecular complexity index is 427. The number of nitrogens with two attached hydrogens (primary N) is 1. The molecule has 0 aliphatic heterocycles. The monoisotopic (exact) mass is 259 g/mol. The number of nitrogens with zero attached hydrogens (tertiary/aromatic N) is 2. The molecule has 2 N–H and O–H groups in total. The van der Waals surface area contributed by atoms with Gasteiger partial charge >= 0.3 is 0 Å². The highest BCUT2D eigenvalue weighted by Gasteiger charge is 2.51. The Hall–Kier alpha value is -0.830. The standard InChI is InChI=1S/C16H25N3/c17-1-3-19-4-2-18-15(19)11-16-8-12-5-13(9-16)7-14(6-12)10-16/h2,4,12-14H,1,3,5-11,17H2. The van der Waals surface area contributed by atoms with Gasteiger partial charge in [0.15, 0.2) is 0 Å². The normalized spacial score (nSPS) is 39.9. The van der Waals surface area contributed by atoms with Crippen molar-refractivity contribution in [1.82, 2.24) is 9.55 Å². The number of rotatable bonds is 4. The molecule has 4 bridgehead atoms. The molecule has 1 aromatic rings. The summed E-state index contributed by atoms with van der Waals surface area (Å²) in [5.41, 5.74) is 6.29. The SMILES string of the molecule is NCCn1ccnc1CC12CC3CC(CC(C3)C1)C2. The van der Waals surface area contributed by atoms with Crippen molar-refractivity contribution in [2.75, 3.05) is 6.54 Å². The molecule has 0 radical (unpaired) electrons. The molecule has 0 amide bonds. The second-order valence-corrected chi connectivity index (χ2v) is 7.42. The summed E-state index contributed by atoms with van der Waals surface area (Å²) in [5.74, 6) is 4.38. The zero-order chi connectivity index (χ0) is 12.9. The number of aromatic nitrogens is 2. The van der Waals surface area contributed by atoms with E-state index in [0.29, 0.717) is 12.0 Å². The van der Waals surface area contributed by atoms with Crippen LogP contribution in [0.5, 0.6) is 0 Å². The lowest BCUT2D eigenvalue weighted by atomic mass is 9.49. The molecule has 4 aliphatic carbocycles. The molecule has 3 nitrogen and oxygen atoms in total. The molecular weight excluding hydrogens is 234 g/mol. The molecule has 1 heterocycles. The van der Waals surface area contributed by atoms with Gasteiger partial charge in [-0.3, -0.25) is 0 Å². The van der Waals surface area contributed by atoms with Crippen molar-refractivity contribution in [2.24, 2.45) is 28.9 Å². The molecule has 4 aliphatic rings. The first-order valence-electron chi connectivity index (χ1n) is 7.96. The van der Waals surface area contributed by atoms with E-state index < -0.39 is 0 Å². The van der Waals surface area contributed by atoms with E-state index in [1.54, 1.807) is 0 Å². The Balaban J connectivity index is 1.57. The van der Waals surface area contributed by atoms with Gasteiger partial charge in [0.25, 0.3) is 0 Å². The molecule has 0 aromatic carbocycles. The smallest absolute Gasteiger partial charge is 0.109 e. The summed E-state index contributed by atoms with van der Waals surface area (Å²) < 4.78 is 2.28. The van der Waals surface area contributed by atoms with E-state index in [1.165, 1.54) is 50.8 Å². The second kappa shape index (κ2) is 4.34. The van der Waals surface area contributed by atoms with Crippen molar-refractivity contribution in [3.8, 4) is 0 Å². The molecule has 0 spiro atoms. The lowest BCUT2D eigenvalue weighted by Crippen LogP contribution is -2.47. The van der Waals surface area contributed by atoms with Crippen molar-refractivity contribution in [3.05, 3.63) is 18.2 Å². The van der Waals surface area contributed by atoms with Crippen LogP contribution >= 0.6 is 0 Å². The Kier molecular flexibility index (Phi) is 2.73. The Labute approximate surface area is 115 Å². The molecule has 0 atom stereocenters. The van der Waals surface area contributed by atoms with Gasteiger partial charge in [-0.15, -0.1) is 0 Å².